The normalized spacial score (nSPS) is 18.6. The summed E-state index contributed by atoms with van der Waals surface area (Å²) in [5.74, 6) is 0. The molecule has 0 saturated carbocycles. The van der Waals surface area contributed by atoms with Crippen LogP contribution in [-0.4, -0.2) is 12.1 Å². The fraction of sp³-hybridized carbons (Fsp3) is 0.714. The number of hydrogen-bond donors (Lipinski definition) is 3. The first kappa shape index (κ1) is 9.46. The van der Waals surface area contributed by atoms with Gasteiger partial charge in [-0.15, -0.1) is 0 Å². The van der Waals surface area contributed by atoms with Gasteiger partial charge in [-0.2, -0.15) is 0 Å². The Morgan fingerprint density at radius 2 is 2.00 bits per heavy atom. The van der Waals surface area contributed by atoms with Gasteiger partial charge in [0.1, 0.15) is 0 Å². The van der Waals surface area contributed by atoms with Crippen molar-refractivity contribution in [1.82, 2.24) is 0 Å². The number of rotatable bonds is 3. The number of hydrogen-bond acceptors (Lipinski definition) is 3. The Morgan fingerprint density at radius 1 is 1.50 bits per heavy atom. The highest BCUT2D eigenvalue weighted by atomic mass is 14.7. The van der Waals surface area contributed by atoms with E-state index in [0.717, 1.165) is 12.0 Å². The second-order valence-electron chi connectivity index (χ2n) is 2.73. The molecule has 3 heteroatoms. The quantitative estimate of drug-likeness (QED) is 0.517. The number of nitrogens with two attached hydrogens (primary N) is 3. The molecule has 2 unspecified atom stereocenters. The van der Waals surface area contributed by atoms with Gasteiger partial charge in [-0.3, -0.25) is 0 Å². The lowest BCUT2D eigenvalue weighted by molar-refractivity contribution is 0.594. The molecule has 0 rings (SSSR count). The Balaban J connectivity index is 3.73. The summed E-state index contributed by atoms with van der Waals surface area (Å²) in [6.07, 6.45) is 2.33. The maximum absolute atomic E-state index is 5.70. The van der Waals surface area contributed by atoms with Crippen molar-refractivity contribution in [1.29, 1.82) is 0 Å². The minimum Gasteiger partial charge on any atom is -0.405 e. The molecule has 0 aliphatic heterocycles. The average molecular weight is 143 g/mol. The monoisotopic (exact) mass is 143 g/mol. The zero-order valence-corrected chi connectivity index (χ0v) is 6.67. The van der Waals surface area contributed by atoms with Crippen molar-refractivity contribution in [2.45, 2.75) is 32.4 Å². The van der Waals surface area contributed by atoms with Crippen LogP contribution in [0.15, 0.2) is 11.8 Å². The van der Waals surface area contributed by atoms with Gasteiger partial charge in [-0.1, -0.05) is 0 Å². The highest BCUT2D eigenvalue weighted by molar-refractivity contribution is 5.04. The zero-order chi connectivity index (χ0) is 8.15. The Bertz CT molecular complexity index is 118. The molecule has 10 heavy (non-hydrogen) atoms. The minimum absolute atomic E-state index is 0.0185. The molecule has 0 radical (unpaired) electrons. The lowest BCUT2D eigenvalue weighted by Gasteiger charge is -2.13. The largest absolute Gasteiger partial charge is 0.405 e. The van der Waals surface area contributed by atoms with Crippen LogP contribution in [0, 0.1) is 0 Å². The maximum atomic E-state index is 5.70. The molecule has 0 aliphatic rings. The molecular formula is C7H17N3. The average Bonchev–Trinajstić information content (AvgIpc) is 1.85. The van der Waals surface area contributed by atoms with Gasteiger partial charge in [-0.25, -0.2) is 0 Å². The van der Waals surface area contributed by atoms with Gasteiger partial charge in [-0.05, 0) is 32.0 Å². The molecule has 0 saturated heterocycles. The second-order valence-corrected chi connectivity index (χ2v) is 2.73. The van der Waals surface area contributed by atoms with E-state index in [1.807, 2.05) is 13.8 Å². The molecule has 60 valence electrons. The van der Waals surface area contributed by atoms with E-state index in [1.54, 1.807) is 0 Å². The van der Waals surface area contributed by atoms with E-state index in [2.05, 4.69) is 0 Å². The molecule has 6 N–H and O–H groups in total. The van der Waals surface area contributed by atoms with Crippen LogP contribution in [0.1, 0.15) is 20.3 Å². The van der Waals surface area contributed by atoms with Gasteiger partial charge >= 0.3 is 0 Å². The summed E-state index contributed by atoms with van der Waals surface area (Å²) in [7, 11) is 0. The predicted octanol–water partition coefficient (Wildman–Crippen LogP) is -0.0865. The van der Waals surface area contributed by atoms with E-state index < -0.39 is 0 Å². The van der Waals surface area contributed by atoms with Crippen molar-refractivity contribution >= 4 is 0 Å². The van der Waals surface area contributed by atoms with Crippen LogP contribution in [0.4, 0.5) is 0 Å². The van der Waals surface area contributed by atoms with Gasteiger partial charge < -0.3 is 17.2 Å². The van der Waals surface area contributed by atoms with Gasteiger partial charge in [0.2, 0.25) is 0 Å². The predicted molar refractivity (Wildman–Crippen MR) is 44.2 cm³/mol. The maximum Gasteiger partial charge on any atom is 0.0282 e. The first-order chi connectivity index (χ1) is 4.57. The summed E-state index contributed by atoms with van der Waals surface area (Å²) in [4.78, 5) is 0. The lowest BCUT2D eigenvalue weighted by atomic mass is 10.0. The van der Waals surface area contributed by atoms with Crippen LogP contribution >= 0.6 is 0 Å². The van der Waals surface area contributed by atoms with Crippen LogP contribution in [0.25, 0.3) is 0 Å². The van der Waals surface area contributed by atoms with Crippen LogP contribution in [0.3, 0.4) is 0 Å². The van der Waals surface area contributed by atoms with Gasteiger partial charge in [0, 0.05) is 12.1 Å². The SMILES string of the molecule is C/C(=C/N)C(N)CC(C)N. The van der Waals surface area contributed by atoms with Crippen molar-refractivity contribution in [3.8, 4) is 0 Å². The van der Waals surface area contributed by atoms with Crippen LogP contribution in [0.5, 0.6) is 0 Å². The first-order valence-electron chi connectivity index (χ1n) is 3.47. The van der Waals surface area contributed by atoms with Crippen LogP contribution in [-0.2, 0) is 0 Å². The third-order valence-electron chi connectivity index (χ3n) is 1.47. The van der Waals surface area contributed by atoms with E-state index in [9.17, 15) is 0 Å². The molecule has 0 aliphatic carbocycles. The molecule has 2 atom stereocenters. The summed E-state index contributed by atoms with van der Waals surface area (Å²) >= 11 is 0. The molecule has 0 amide bonds. The van der Waals surface area contributed by atoms with Crippen molar-refractivity contribution in [3.05, 3.63) is 11.8 Å². The van der Waals surface area contributed by atoms with Crippen molar-refractivity contribution in [3.63, 3.8) is 0 Å². The van der Waals surface area contributed by atoms with E-state index >= 15 is 0 Å². The van der Waals surface area contributed by atoms with Crippen molar-refractivity contribution in [2.24, 2.45) is 17.2 Å². The molecule has 0 fully saturated rings. The first-order valence-corrected chi connectivity index (χ1v) is 3.47. The van der Waals surface area contributed by atoms with E-state index in [-0.39, 0.29) is 12.1 Å². The van der Waals surface area contributed by atoms with Gasteiger partial charge in [0.25, 0.3) is 0 Å². The fourth-order valence-corrected chi connectivity index (χ4v) is 0.710. The molecule has 0 aromatic rings. The van der Waals surface area contributed by atoms with E-state index in [4.69, 9.17) is 17.2 Å². The minimum atomic E-state index is 0.0185. The fourth-order valence-electron chi connectivity index (χ4n) is 0.710. The Hall–Kier alpha value is -0.540. The smallest absolute Gasteiger partial charge is 0.0282 e. The van der Waals surface area contributed by atoms with Crippen LogP contribution < -0.4 is 17.2 Å². The van der Waals surface area contributed by atoms with Crippen LogP contribution in [0.2, 0.25) is 0 Å². The summed E-state index contributed by atoms with van der Waals surface area (Å²) < 4.78 is 0. The summed E-state index contributed by atoms with van der Waals surface area (Å²) in [6, 6.07) is 0.162. The van der Waals surface area contributed by atoms with Crippen molar-refractivity contribution in [2.75, 3.05) is 0 Å². The zero-order valence-electron chi connectivity index (χ0n) is 6.67. The molecule has 0 aromatic heterocycles. The topological polar surface area (TPSA) is 78.1 Å². The summed E-state index contributed by atoms with van der Waals surface area (Å²) in [6.45, 7) is 3.84. The lowest BCUT2D eigenvalue weighted by Crippen LogP contribution is -2.30. The molecule has 0 bridgehead atoms. The summed E-state index contributed by atoms with van der Waals surface area (Å²) in [5.41, 5.74) is 17.5. The van der Waals surface area contributed by atoms with E-state index in [1.165, 1.54) is 6.20 Å². The van der Waals surface area contributed by atoms with E-state index in [0.29, 0.717) is 0 Å². The molecular weight excluding hydrogens is 126 g/mol. The highest BCUT2D eigenvalue weighted by Gasteiger charge is 2.05. The second kappa shape index (κ2) is 4.30. The standard InChI is InChI=1S/C7H17N3/c1-5(4-8)7(10)3-6(2)9/h4,6-7H,3,8-10H2,1-2H3/b5-4-. The molecule has 0 aromatic carbocycles. The molecule has 0 heterocycles. The Morgan fingerprint density at radius 3 is 2.30 bits per heavy atom. The van der Waals surface area contributed by atoms with Gasteiger partial charge in [0.05, 0.1) is 0 Å². The van der Waals surface area contributed by atoms with Crippen molar-refractivity contribution < 1.29 is 0 Å². The summed E-state index contributed by atoms with van der Waals surface area (Å²) in [5, 5.41) is 0. The Labute approximate surface area is 62.3 Å². The molecule has 0 spiro atoms. The molecule has 3 nitrogen and oxygen atoms in total. The Kier molecular flexibility index (Phi) is 4.07. The third-order valence-corrected chi connectivity index (χ3v) is 1.47. The van der Waals surface area contributed by atoms with Gasteiger partial charge in [0.15, 0.2) is 0 Å². The highest BCUT2D eigenvalue weighted by Crippen LogP contribution is 2.02. The third kappa shape index (κ3) is 3.48.